The highest BCUT2D eigenvalue weighted by molar-refractivity contribution is 6.04. The van der Waals surface area contributed by atoms with Crippen molar-refractivity contribution in [1.29, 1.82) is 0 Å². The van der Waals surface area contributed by atoms with Crippen LogP contribution in [0.2, 0.25) is 0 Å². The fraction of sp³-hybridized carbons (Fsp3) is 0.308. The van der Waals surface area contributed by atoms with Gasteiger partial charge in [0, 0.05) is 17.1 Å². The molecule has 88 valence electrons. The van der Waals surface area contributed by atoms with Gasteiger partial charge in [0.1, 0.15) is 0 Å². The lowest BCUT2D eigenvalue weighted by atomic mass is 10.2. The molecule has 2 aromatic rings. The Morgan fingerprint density at radius 2 is 2.29 bits per heavy atom. The summed E-state index contributed by atoms with van der Waals surface area (Å²) in [5.74, 6) is -0.295. The van der Waals surface area contributed by atoms with Crippen LogP contribution in [0.15, 0.2) is 30.5 Å². The Morgan fingerprint density at radius 3 is 3.00 bits per heavy atom. The number of ether oxygens (including phenoxy) is 2. The van der Waals surface area contributed by atoms with E-state index < -0.39 is 0 Å². The van der Waals surface area contributed by atoms with Crippen molar-refractivity contribution >= 4 is 16.9 Å². The van der Waals surface area contributed by atoms with Crippen molar-refractivity contribution in [3.8, 4) is 0 Å². The molecule has 1 aliphatic heterocycles. The van der Waals surface area contributed by atoms with Crippen LogP contribution in [0.25, 0.3) is 10.9 Å². The first-order chi connectivity index (χ1) is 8.29. The summed E-state index contributed by atoms with van der Waals surface area (Å²) >= 11 is 0. The third-order valence-electron chi connectivity index (χ3n) is 3.00. The molecule has 1 saturated heterocycles. The number of fused-ring (bicyclic) bond motifs is 1. The monoisotopic (exact) mass is 231 g/mol. The third-order valence-corrected chi connectivity index (χ3v) is 3.00. The normalized spacial score (nSPS) is 18.3. The smallest absolute Gasteiger partial charge is 0.340 e. The number of rotatable bonds is 3. The van der Waals surface area contributed by atoms with E-state index in [-0.39, 0.29) is 12.1 Å². The lowest BCUT2D eigenvalue weighted by Gasteiger charge is -2.00. The molecule has 0 amide bonds. The van der Waals surface area contributed by atoms with E-state index in [1.807, 2.05) is 30.5 Å². The van der Waals surface area contributed by atoms with Gasteiger partial charge in [-0.15, -0.1) is 0 Å². The standard InChI is InChI=1S/C13H13NO3/c1-16-13(15)11-7-14(6-9-8-17-9)12-5-3-2-4-10(11)12/h2-5,7,9H,6,8H2,1H3. The number of nitrogens with zero attached hydrogens (tertiary/aromatic N) is 1. The molecule has 1 aromatic carbocycles. The lowest BCUT2D eigenvalue weighted by molar-refractivity contribution is 0.0602. The molecule has 1 fully saturated rings. The van der Waals surface area contributed by atoms with E-state index in [9.17, 15) is 4.79 Å². The summed E-state index contributed by atoms with van der Waals surface area (Å²) < 4.78 is 12.1. The van der Waals surface area contributed by atoms with Crippen LogP contribution in [-0.2, 0) is 16.0 Å². The van der Waals surface area contributed by atoms with Crippen molar-refractivity contribution in [1.82, 2.24) is 4.57 Å². The first-order valence-corrected chi connectivity index (χ1v) is 5.57. The Labute approximate surface area is 98.7 Å². The molecule has 1 unspecified atom stereocenters. The molecule has 2 heterocycles. The predicted octanol–water partition coefficient (Wildman–Crippen LogP) is 1.83. The van der Waals surface area contributed by atoms with Gasteiger partial charge in [0.15, 0.2) is 0 Å². The number of methoxy groups -OCH3 is 1. The predicted molar refractivity (Wildman–Crippen MR) is 63.0 cm³/mol. The number of hydrogen-bond acceptors (Lipinski definition) is 3. The number of benzene rings is 1. The van der Waals surface area contributed by atoms with Crippen LogP contribution >= 0.6 is 0 Å². The summed E-state index contributed by atoms with van der Waals surface area (Å²) in [6.45, 7) is 1.59. The minimum absolute atomic E-state index is 0.288. The van der Waals surface area contributed by atoms with Crippen LogP contribution < -0.4 is 0 Å². The van der Waals surface area contributed by atoms with Crippen LogP contribution in [0, 0.1) is 0 Å². The number of aromatic nitrogens is 1. The SMILES string of the molecule is COC(=O)c1cn(CC2CO2)c2ccccc12. The average molecular weight is 231 g/mol. The number of esters is 1. The highest BCUT2D eigenvalue weighted by atomic mass is 16.6. The van der Waals surface area contributed by atoms with Gasteiger partial charge in [0.05, 0.1) is 31.9 Å². The van der Waals surface area contributed by atoms with E-state index in [1.54, 1.807) is 0 Å². The molecule has 0 saturated carbocycles. The highest BCUT2D eigenvalue weighted by Gasteiger charge is 2.24. The van der Waals surface area contributed by atoms with Crippen LogP contribution in [0.3, 0.4) is 0 Å². The van der Waals surface area contributed by atoms with Crippen LogP contribution in [0.1, 0.15) is 10.4 Å². The number of carbonyl (C=O) groups excluding carboxylic acids is 1. The molecule has 0 spiro atoms. The number of para-hydroxylation sites is 1. The maximum Gasteiger partial charge on any atom is 0.340 e. The summed E-state index contributed by atoms with van der Waals surface area (Å²) in [6, 6.07) is 7.83. The van der Waals surface area contributed by atoms with Gasteiger partial charge in [-0.2, -0.15) is 0 Å². The summed E-state index contributed by atoms with van der Waals surface area (Å²) in [4.78, 5) is 11.7. The number of epoxide rings is 1. The van der Waals surface area contributed by atoms with E-state index in [4.69, 9.17) is 9.47 Å². The van der Waals surface area contributed by atoms with Gasteiger partial charge >= 0.3 is 5.97 Å². The van der Waals surface area contributed by atoms with Gasteiger partial charge in [-0.3, -0.25) is 0 Å². The van der Waals surface area contributed by atoms with Crippen LogP contribution in [-0.4, -0.2) is 30.4 Å². The molecule has 0 bridgehead atoms. The van der Waals surface area contributed by atoms with Crippen molar-refractivity contribution in [2.24, 2.45) is 0 Å². The fourth-order valence-electron chi connectivity index (χ4n) is 2.06. The molecule has 1 aliphatic rings. The first kappa shape index (κ1) is 10.4. The number of carbonyl (C=O) groups is 1. The maximum absolute atomic E-state index is 11.7. The molecule has 1 aromatic heterocycles. The Bertz CT molecular complexity index is 569. The van der Waals surface area contributed by atoms with E-state index in [0.29, 0.717) is 5.56 Å². The van der Waals surface area contributed by atoms with E-state index >= 15 is 0 Å². The topological polar surface area (TPSA) is 43.8 Å². The molecular formula is C13H13NO3. The molecule has 0 N–H and O–H groups in total. The zero-order chi connectivity index (χ0) is 11.8. The van der Waals surface area contributed by atoms with Gasteiger partial charge in [-0.05, 0) is 6.07 Å². The van der Waals surface area contributed by atoms with Crippen molar-refractivity contribution in [2.45, 2.75) is 12.6 Å². The quantitative estimate of drug-likeness (QED) is 0.598. The molecule has 4 nitrogen and oxygen atoms in total. The van der Waals surface area contributed by atoms with Gasteiger partial charge in [-0.25, -0.2) is 4.79 Å². The van der Waals surface area contributed by atoms with Crippen LogP contribution in [0.5, 0.6) is 0 Å². The second kappa shape index (κ2) is 3.89. The van der Waals surface area contributed by atoms with Gasteiger partial charge in [0.2, 0.25) is 0 Å². The molecule has 4 heteroatoms. The van der Waals surface area contributed by atoms with Gasteiger partial charge < -0.3 is 14.0 Å². The fourth-order valence-corrected chi connectivity index (χ4v) is 2.06. The molecule has 17 heavy (non-hydrogen) atoms. The summed E-state index contributed by atoms with van der Waals surface area (Å²) in [5.41, 5.74) is 1.66. The maximum atomic E-state index is 11.7. The number of hydrogen-bond donors (Lipinski definition) is 0. The Morgan fingerprint density at radius 1 is 1.53 bits per heavy atom. The summed E-state index contributed by atoms with van der Waals surface area (Å²) in [6.07, 6.45) is 2.13. The molecule has 0 radical (unpaired) electrons. The zero-order valence-electron chi connectivity index (χ0n) is 9.55. The summed E-state index contributed by atoms with van der Waals surface area (Å²) in [5, 5.41) is 0.931. The molecule has 0 aliphatic carbocycles. The van der Waals surface area contributed by atoms with Crippen molar-refractivity contribution < 1.29 is 14.3 Å². The second-order valence-corrected chi connectivity index (χ2v) is 4.16. The third kappa shape index (κ3) is 1.80. The molecule has 1 atom stereocenters. The van der Waals surface area contributed by atoms with E-state index in [2.05, 4.69) is 4.57 Å². The Kier molecular flexibility index (Phi) is 2.37. The van der Waals surface area contributed by atoms with Crippen molar-refractivity contribution in [2.75, 3.05) is 13.7 Å². The second-order valence-electron chi connectivity index (χ2n) is 4.16. The average Bonchev–Trinajstić information content (AvgIpc) is 3.10. The van der Waals surface area contributed by atoms with Crippen molar-refractivity contribution in [3.05, 3.63) is 36.0 Å². The highest BCUT2D eigenvalue weighted by Crippen LogP contribution is 2.24. The van der Waals surface area contributed by atoms with E-state index in [0.717, 1.165) is 24.1 Å². The van der Waals surface area contributed by atoms with Gasteiger partial charge in [-0.1, -0.05) is 18.2 Å². The van der Waals surface area contributed by atoms with Gasteiger partial charge in [0.25, 0.3) is 0 Å². The Hall–Kier alpha value is -1.81. The van der Waals surface area contributed by atoms with E-state index in [1.165, 1.54) is 7.11 Å². The van der Waals surface area contributed by atoms with Crippen LogP contribution in [0.4, 0.5) is 0 Å². The molecular weight excluding hydrogens is 218 g/mol. The molecule has 3 rings (SSSR count). The van der Waals surface area contributed by atoms with Crippen molar-refractivity contribution in [3.63, 3.8) is 0 Å². The largest absolute Gasteiger partial charge is 0.465 e. The Balaban J connectivity index is 2.11. The minimum atomic E-state index is -0.295. The zero-order valence-corrected chi connectivity index (χ0v) is 9.55. The minimum Gasteiger partial charge on any atom is -0.465 e. The first-order valence-electron chi connectivity index (χ1n) is 5.57. The lowest BCUT2D eigenvalue weighted by Crippen LogP contribution is -2.03. The summed E-state index contributed by atoms with van der Waals surface area (Å²) in [7, 11) is 1.40.